The zero-order chi connectivity index (χ0) is 10.8. The van der Waals surface area contributed by atoms with Crippen molar-refractivity contribution < 1.29 is 14.6 Å². The molecule has 0 radical (unpaired) electrons. The monoisotopic (exact) mass is 199 g/mol. The maximum Gasteiger partial charge on any atom is 0.329 e. The molecular weight excluding hydrogens is 182 g/mol. The van der Waals surface area contributed by atoms with E-state index >= 15 is 0 Å². The van der Waals surface area contributed by atoms with Gasteiger partial charge in [-0.2, -0.15) is 0 Å². The number of carbonyl (C=O) groups is 1. The summed E-state index contributed by atoms with van der Waals surface area (Å²) in [6, 6.07) is 0.294. The summed E-state index contributed by atoms with van der Waals surface area (Å²) in [5, 5.41) is 11.5. The molecule has 2 unspecified atom stereocenters. The number of aliphatic carboxylic acids is 1. The summed E-state index contributed by atoms with van der Waals surface area (Å²) in [4.78, 5) is 10.2. The predicted octanol–water partition coefficient (Wildman–Crippen LogP) is 0.988. The Kier molecular flexibility index (Phi) is 3.16. The van der Waals surface area contributed by atoms with Gasteiger partial charge in [0.2, 0.25) is 0 Å². The average Bonchev–Trinajstić information content (AvgIpc) is 2.09. The molecule has 0 saturated heterocycles. The highest BCUT2D eigenvalue weighted by Gasteiger charge is 2.48. The fraction of sp³-hybridized carbons (Fsp3) is 0.700. The molecule has 14 heavy (non-hydrogen) atoms. The Hall–Kier alpha value is -1.03. The molecule has 1 rings (SSSR count). The van der Waals surface area contributed by atoms with Crippen molar-refractivity contribution in [3.05, 3.63) is 12.3 Å². The molecule has 4 heteroatoms. The maximum atomic E-state index is 10.2. The van der Waals surface area contributed by atoms with Gasteiger partial charge in [0, 0.05) is 30.8 Å². The highest BCUT2D eigenvalue weighted by molar-refractivity contribution is 5.79. The van der Waals surface area contributed by atoms with E-state index in [0.29, 0.717) is 6.04 Å². The molecule has 0 aromatic carbocycles. The average molecular weight is 199 g/mol. The number of carboxylic acid groups (broad SMARTS) is 1. The van der Waals surface area contributed by atoms with Crippen molar-refractivity contribution in [1.29, 1.82) is 0 Å². The van der Waals surface area contributed by atoms with Gasteiger partial charge in [-0.15, -0.1) is 0 Å². The van der Waals surface area contributed by atoms with Crippen LogP contribution in [0.1, 0.15) is 20.3 Å². The minimum absolute atomic E-state index is 0.0671. The van der Waals surface area contributed by atoms with Crippen LogP contribution in [0.25, 0.3) is 0 Å². The largest absolute Gasteiger partial charge is 0.478 e. The van der Waals surface area contributed by atoms with Crippen LogP contribution in [-0.2, 0) is 9.53 Å². The first-order valence-corrected chi connectivity index (χ1v) is 4.66. The van der Waals surface area contributed by atoms with Gasteiger partial charge in [-0.05, 0) is 6.42 Å². The molecule has 0 aliphatic heterocycles. The molecule has 0 spiro atoms. The lowest BCUT2D eigenvalue weighted by Gasteiger charge is -2.51. The SMILES string of the molecule is COC1CC(N/C=C/C(=O)O)C1(C)C. The summed E-state index contributed by atoms with van der Waals surface area (Å²) in [5.74, 6) is -0.932. The van der Waals surface area contributed by atoms with Gasteiger partial charge >= 0.3 is 5.97 Å². The van der Waals surface area contributed by atoms with Crippen molar-refractivity contribution in [3.8, 4) is 0 Å². The van der Waals surface area contributed by atoms with E-state index in [9.17, 15) is 4.79 Å². The van der Waals surface area contributed by atoms with Crippen LogP contribution in [0.3, 0.4) is 0 Å². The van der Waals surface area contributed by atoms with Crippen molar-refractivity contribution in [3.63, 3.8) is 0 Å². The lowest BCUT2D eigenvalue weighted by Crippen LogP contribution is -2.59. The molecule has 80 valence electrons. The lowest BCUT2D eigenvalue weighted by atomic mass is 9.64. The molecule has 0 heterocycles. The van der Waals surface area contributed by atoms with E-state index in [1.54, 1.807) is 7.11 Å². The summed E-state index contributed by atoms with van der Waals surface area (Å²) in [6.07, 6.45) is 3.78. The Bertz CT molecular complexity index is 248. The normalized spacial score (nSPS) is 29.9. The number of hydrogen-bond acceptors (Lipinski definition) is 3. The second kappa shape index (κ2) is 4.00. The van der Waals surface area contributed by atoms with Crippen LogP contribution in [0.15, 0.2) is 12.3 Å². The third-order valence-electron chi connectivity index (χ3n) is 2.99. The molecular formula is C10H17NO3. The van der Waals surface area contributed by atoms with Gasteiger partial charge < -0.3 is 15.2 Å². The Morgan fingerprint density at radius 3 is 2.71 bits per heavy atom. The summed E-state index contributed by atoms with van der Waals surface area (Å²) in [6.45, 7) is 4.22. The Morgan fingerprint density at radius 1 is 1.64 bits per heavy atom. The predicted molar refractivity (Wildman–Crippen MR) is 52.9 cm³/mol. The molecule has 0 aromatic rings. The van der Waals surface area contributed by atoms with Gasteiger partial charge in [0.1, 0.15) is 0 Å². The van der Waals surface area contributed by atoms with Crippen LogP contribution in [0.5, 0.6) is 0 Å². The maximum absolute atomic E-state index is 10.2. The standard InChI is InChI=1S/C10H17NO3/c1-10(2)7(6-8(10)14-3)11-5-4-9(12)13/h4-5,7-8,11H,6H2,1-3H3,(H,12,13)/b5-4+. The molecule has 0 bridgehead atoms. The third-order valence-corrected chi connectivity index (χ3v) is 2.99. The molecule has 0 aromatic heterocycles. The number of methoxy groups -OCH3 is 1. The first-order valence-electron chi connectivity index (χ1n) is 4.66. The molecule has 1 aliphatic rings. The van der Waals surface area contributed by atoms with Gasteiger partial charge in [0.25, 0.3) is 0 Å². The second-order valence-electron chi connectivity index (χ2n) is 4.17. The summed E-state index contributed by atoms with van der Waals surface area (Å²) in [5.41, 5.74) is 0.0671. The minimum atomic E-state index is -0.932. The van der Waals surface area contributed by atoms with E-state index in [4.69, 9.17) is 9.84 Å². The molecule has 4 nitrogen and oxygen atoms in total. The van der Waals surface area contributed by atoms with Crippen LogP contribution in [-0.4, -0.2) is 30.3 Å². The van der Waals surface area contributed by atoms with Crippen LogP contribution < -0.4 is 5.32 Å². The van der Waals surface area contributed by atoms with Crippen molar-refractivity contribution in [2.24, 2.45) is 5.41 Å². The Labute approximate surface area is 83.9 Å². The van der Waals surface area contributed by atoms with Crippen LogP contribution in [0.4, 0.5) is 0 Å². The van der Waals surface area contributed by atoms with Gasteiger partial charge in [0.05, 0.1) is 6.10 Å². The van der Waals surface area contributed by atoms with Crippen LogP contribution in [0, 0.1) is 5.41 Å². The zero-order valence-electron chi connectivity index (χ0n) is 8.78. The molecule has 1 aliphatic carbocycles. The Balaban J connectivity index is 2.39. The molecule has 1 fully saturated rings. The van der Waals surface area contributed by atoms with E-state index in [-0.39, 0.29) is 11.5 Å². The molecule has 0 amide bonds. The van der Waals surface area contributed by atoms with Crippen molar-refractivity contribution in [2.75, 3.05) is 7.11 Å². The summed E-state index contributed by atoms with van der Waals surface area (Å²) < 4.78 is 5.28. The first kappa shape index (κ1) is 11.0. The van der Waals surface area contributed by atoms with E-state index in [2.05, 4.69) is 19.2 Å². The highest BCUT2D eigenvalue weighted by atomic mass is 16.5. The fourth-order valence-corrected chi connectivity index (χ4v) is 1.80. The summed E-state index contributed by atoms with van der Waals surface area (Å²) in [7, 11) is 1.70. The second-order valence-corrected chi connectivity index (χ2v) is 4.17. The molecule has 1 saturated carbocycles. The van der Waals surface area contributed by atoms with Crippen molar-refractivity contribution in [2.45, 2.75) is 32.4 Å². The topological polar surface area (TPSA) is 58.6 Å². The quantitative estimate of drug-likeness (QED) is 0.663. The van der Waals surface area contributed by atoms with Gasteiger partial charge in [-0.25, -0.2) is 4.79 Å². The van der Waals surface area contributed by atoms with E-state index in [0.717, 1.165) is 12.5 Å². The number of hydrogen-bond donors (Lipinski definition) is 2. The van der Waals surface area contributed by atoms with Gasteiger partial charge in [0.15, 0.2) is 0 Å². The lowest BCUT2D eigenvalue weighted by molar-refractivity contribution is -0.131. The smallest absolute Gasteiger partial charge is 0.329 e. The van der Waals surface area contributed by atoms with Crippen LogP contribution >= 0.6 is 0 Å². The van der Waals surface area contributed by atoms with E-state index in [1.807, 2.05) is 0 Å². The van der Waals surface area contributed by atoms with Gasteiger partial charge in [-0.1, -0.05) is 13.8 Å². The first-order chi connectivity index (χ1) is 6.48. The third kappa shape index (κ3) is 2.07. The number of ether oxygens (including phenoxy) is 1. The summed E-state index contributed by atoms with van der Waals surface area (Å²) >= 11 is 0. The van der Waals surface area contributed by atoms with E-state index in [1.165, 1.54) is 6.20 Å². The fourth-order valence-electron chi connectivity index (χ4n) is 1.80. The Morgan fingerprint density at radius 2 is 2.29 bits per heavy atom. The van der Waals surface area contributed by atoms with Crippen molar-refractivity contribution in [1.82, 2.24) is 5.32 Å². The number of nitrogens with one attached hydrogen (secondary N) is 1. The van der Waals surface area contributed by atoms with Crippen molar-refractivity contribution >= 4 is 5.97 Å². The van der Waals surface area contributed by atoms with E-state index < -0.39 is 5.97 Å². The van der Waals surface area contributed by atoms with Gasteiger partial charge in [-0.3, -0.25) is 0 Å². The highest BCUT2D eigenvalue weighted by Crippen LogP contribution is 2.42. The van der Waals surface area contributed by atoms with Crippen LogP contribution in [0.2, 0.25) is 0 Å². The minimum Gasteiger partial charge on any atom is -0.478 e. The molecule has 2 N–H and O–H groups in total. The molecule has 2 atom stereocenters. The number of rotatable bonds is 4. The number of carboxylic acids is 1. The zero-order valence-corrected chi connectivity index (χ0v) is 8.78.